The number of fused-ring (bicyclic) bond motifs is 1. The molecular weight excluding hydrogens is 400 g/mol. The number of hydrogen-bond donors (Lipinski definition) is 2. The average Bonchev–Trinajstić information content (AvgIpc) is 3.19. The van der Waals surface area contributed by atoms with Crippen LogP contribution in [-0.4, -0.2) is 67.9 Å². The molecule has 0 spiro atoms. The van der Waals surface area contributed by atoms with Gasteiger partial charge in [-0.25, -0.2) is 0 Å². The summed E-state index contributed by atoms with van der Waals surface area (Å²) in [6.07, 6.45) is -0.0954. The number of benzene rings is 1. The van der Waals surface area contributed by atoms with E-state index in [9.17, 15) is 9.59 Å². The van der Waals surface area contributed by atoms with Crippen molar-refractivity contribution in [3.63, 3.8) is 0 Å². The molecule has 2 N–H and O–H groups in total. The molecule has 0 fully saturated rings. The van der Waals surface area contributed by atoms with Crippen LogP contribution in [0.5, 0.6) is 5.75 Å². The van der Waals surface area contributed by atoms with Crippen molar-refractivity contribution in [1.29, 1.82) is 0 Å². The van der Waals surface area contributed by atoms with Gasteiger partial charge in [-0.05, 0) is 31.9 Å². The summed E-state index contributed by atoms with van der Waals surface area (Å²) in [5.41, 5.74) is 1.10. The highest BCUT2D eigenvalue weighted by molar-refractivity contribution is 6.03. The number of nitrogens with zero attached hydrogens (tertiary/aromatic N) is 2. The minimum Gasteiger partial charge on any atom is -0.491 e. The summed E-state index contributed by atoms with van der Waals surface area (Å²) in [5.74, 6) is 0.599. The van der Waals surface area contributed by atoms with Crippen LogP contribution in [0, 0.1) is 12.8 Å². The van der Waals surface area contributed by atoms with Gasteiger partial charge in [-0.15, -0.1) is 0 Å². The Bertz CT molecular complexity index is 928. The van der Waals surface area contributed by atoms with Crippen LogP contribution in [0.15, 0.2) is 28.8 Å². The summed E-state index contributed by atoms with van der Waals surface area (Å²) in [5, 5.41) is 9.93. The molecule has 168 valence electrons. The number of rotatable bonds is 3. The van der Waals surface area contributed by atoms with Crippen molar-refractivity contribution in [2.24, 2.45) is 5.92 Å². The van der Waals surface area contributed by atoms with Crippen LogP contribution in [0.25, 0.3) is 0 Å². The molecule has 2 heterocycles. The predicted octanol–water partition coefficient (Wildman–Crippen LogP) is 2.33. The van der Waals surface area contributed by atoms with Crippen molar-refractivity contribution >= 4 is 17.5 Å². The largest absolute Gasteiger partial charge is 0.491 e. The molecule has 9 heteroatoms. The fraction of sp³-hybridized carbons (Fsp3) is 0.500. The van der Waals surface area contributed by atoms with Gasteiger partial charge in [0.25, 0.3) is 11.8 Å². The second-order valence-electron chi connectivity index (χ2n) is 8.05. The number of carbonyl (C=O) groups excluding carboxylic acids is 2. The Kier molecular flexibility index (Phi) is 7.29. The molecule has 0 saturated carbocycles. The smallest absolute Gasteiger partial charge is 0.277 e. The summed E-state index contributed by atoms with van der Waals surface area (Å²) >= 11 is 0. The van der Waals surface area contributed by atoms with Crippen LogP contribution in [0.3, 0.4) is 0 Å². The lowest BCUT2D eigenvalue weighted by Gasteiger charge is -2.30. The monoisotopic (exact) mass is 430 g/mol. The van der Waals surface area contributed by atoms with Crippen molar-refractivity contribution in [1.82, 2.24) is 15.4 Å². The zero-order valence-corrected chi connectivity index (χ0v) is 18.6. The van der Waals surface area contributed by atoms with Crippen LogP contribution in [0.2, 0.25) is 0 Å². The molecule has 2 amide bonds. The first-order chi connectivity index (χ1) is 14.8. The summed E-state index contributed by atoms with van der Waals surface area (Å²) in [7, 11) is 3.41. The molecule has 1 aliphatic rings. The first kappa shape index (κ1) is 22.8. The second kappa shape index (κ2) is 9.93. The number of aryl methyl sites for hydroxylation is 1. The van der Waals surface area contributed by atoms with Crippen LogP contribution in [0.1, 0.15) is 40.5 Å². The molecule has 1 aliphatic heterocycles. The molecule has 9 nitrogen and oxygen atoms in total. The Balaban J connectivity index is 1.86. The van der Waals surface area contributed by atoms with Crippen molar-refractivity contribution in [3.05, 3.63) is 41.3 Å². The Morgan fingerprint density at radius 2 is 2.10 bits per heavy atom. The minimum atomic E-state index is -0.402. The number of aromatic nitrogens is 1. The molecule has 0 unspecified atom stereocenters. The Labute approximate surface area is 182 Å². The Morgan fingerprint density at radius 3 is 2.77 bits per heavy atom. The van der Waals surface area contributed by atoms with E-state index in [4.69, 9.17) is 14.0 Å². The number of likely N-dealkylation sites (N-methyl/N-ethyl adjacent to an activating group) is 1. The average molecular weight is 431 g/mol. The maximum atomic E-state index is 13.1. The van der Waals surface area contributed by atoms with Crippen molar-refractivity contribution in [2.75, 3.05) is 39.2 Å². The summed E-state index contributed by atoms with van der Waals surface area (Å²) in [4.78, 5) is 27.2. The van der Waals surface area contributed by atoms with Crippen molar-refractivity contribution < 1.29 is 23.6 Å². The number of amides is 2. The Morgan fingerprint density at radius 1 is 1.32 bits per heavy atom. The number of hydrogen-bond acceptors (Lipinski definition) is 7. The van der Waals surface area contributed by atoms with Gasteiger partial charge in [0.05, 0.1) is 11.7 Å². The summed E-state index contributed by atoms with van der Waals surface area (Å²) in [6.45, 7) is 7.39. The molecule has 0 aliphatic carbocycles. The van der Waals surface area contributed by atoms with Gasteiger partial charge in [0.15, 0.2) is 5.69 Å². The third-order valence-electron chi connectivity index (χ3n) is 5.35. The maximum Gasteiger partial charge on any atom is 0.277 e. The fourth-order valence-corrected chi connectivity index (χ4v) is 3.40. The highest BCUT2D eigenvalue weighted by Crippen LogP contribution is 2.26. The number of ether oxygens (including phenoxy) is 2. The van der Waals surface area contributed by atoms with Gasteiger partial charge < -0.3 is 29.5 Å². The van der Waals surface area contributed by atoms with Crippen LogP contribution in [0.4, 0.5) is 5.69 Å². The fourth-order valence-electron chi connectivity index (χ4n) is 3.40. The van der Waals surface area contributed by atoms with E-state index in [1.807, 2.05) is 6.92 Å². The summed E-state index contributed by atoms with van der Waals surface area (Å²) in [6, 6.07) is 6.60. The molecule has 1 aromatic carbocycles. The molecule has 0 saturated heterocycles. The highest BCUT2D eigenvalue weighted by Gasteiger charge is 2.25. The van der Waals surface area contributed by atoms with E-state index in [2.05, 4.69) is 22.7 Å². The zero-order valence-electron chi connectivity index (χ0n) is 18.6. The highest BCUT2D eigenvalue weighted by atomic mass is 16.5. The van der Waals surface area contributed by atoms with E-state index in [0.29, 0.717) is 35.9 Å². The van der Waals surface area contributed by atoms with E-state index in [0.717, 1.165) is 6.54 Å². The predicted molar refractivity (Wildman–Crippen MR) is 116 cm³/mol. The van der Waals surface area contributed by atoms with E-state index in [-0.39, 0.29) is 29.7 Å². The normalized spacial score (nSPS) is 22.7. The lowest BCUT2D eigenvalue weighted by atomic mass is 10.0. The number of carbonyl (C=O) groups is 2. The quantitative estimate of drug-likeness (QED) is 0.770. The van der Waals surface area contributed by atoms with Crippen molar-refractivity contribution in [2.45, 2.75) is 32.9 Å². The SMILES string of the molecule is CO[C@H]1CN(C)C(=O)c2ccc(NC(=O)c3cc(C)on3)cc2OC[C@H](C)NC[C@@H]1C. The van der Waals surface area contributed by atoms with E-state index < -0.39 is 5.91 Å². The second-order valence-corrected chi connectivity index (χ2v) is 8.05. The number of methoxy groups -OCH3 is 1. The minimum absolute atomic E-state index is 0.0661. The first-order valence-electron chi connectivity index (χ1n) is 10.3. The third kappa shape index (κ3) is 5.62. The molecular formula is C22H30N4O5. The zero-order chi connectivity index (χ0) is 22.5. The van der Waals surface area contributed by atoms with Gasteiger partial charge in [0, 0.05) is 51.1 Å². The van der Waals surface area contributed by atoms with Crippen LogP contribution >= 0.6 is 0 Å². The van der Waals surface area contributed by atoms with Crippen molar-refractivity contribution in [3.8, 4) is 5.75 Å². The molecule has 31 heavy (non-hydrogen) atoms. The van der Waals surface area contributed by atoms with Crippen LogP contribution < -0.4 is 15.4 Å². The van der Waals surface area contributed by atoms with Gasteiger partial charge in [-0.2, -0.15) is 0 Å². The van der Waals surface area contributed by atoms with E-state index in [1.54, 1.807) is 50.2 Å². The van der Waals surface area contributed by atoms with Gasteiger partial charge >= 0.3 is 0 Å². The maximum absolute atomic E-state index is 13.1. The Hall–Kier alpha value is -2.91. The lowest BCUT2D eigenvalue weighted by Crippen LogP contribution is -2.44. The molecule has 0 radical (unpaired) electrons. The molecule has 1 aromatic heterocycles. The molecule has 2 aromatic rings. The summed E-state index contributed by atoms with van der Waals surface area (Å²) < 4.78 is 16.6. The van der Waals surface area contributed by atoms with Gasteiger partial charge in [-0.1, -0.05) is 12.1 Å². The third-order valence-corrected chi connectivity index (χ3v) is 5.35. The van der Waals surface area contributed by atoms with E-state index in [1.165, 1.54) is 0 Å². The number of nitrogens with one attached hydrogen (secondary N) is 2. The lowest BCUT2D eigenvalue weighted by molar-refractivity contribution is 0.0281. The van der Waals surface area contributed by atoms with Gasteiger partial charge in [0.2, 0.25) is 0 Å². The first-order valence-corrected chi connectivity index (χ1v) is 10.3. The molecule has 0 bridgehead atoms. The van der Waals surface area contributed by atoms with E-state index >= 15 is 0 Å². The standard InChI is InChI=1S/C22H30N4O5/c1-13-10-23-14(2)12-30-19-9-16(24-21(27)18-8-15(3)31-25-18)6-7-17(19)22(28)26(4)11-20(13)29-5/h6-9,13-14,20,23H,10-12H2,1-5H3,(H,24,27)/t13-,14-,20-/m0/s1. The van der Waals surface area contributed by atoms with Crippen LogP contribution in [-0.2, 0) is 4.74 Å². The number of anilines is 1. The molecule has 3 atom stereocenters. The topological polar surface area (TPSA) is 106 Å². The van der Waals surface area contributed by atoms with Gasteiger partial charge in [-0.3, -0.25) is 9.59 Å². The molecule has 3 rings (SSSR count). The van der Waals surface area contributed by atoms with Gasteiger partial charge in [0.1, 0.15) is 18.1 Å².